The van der Waals surface area contributed by atoms with Crippen molar-refractivity contribution in [3.8, 4) is 5.75 Å². The Hall–Kier alpha value is -1.14. The fourth-order valence-electron chi connectivity index (χ4n) is 1.55. The third-order valence-corrected chi connectivity index (χ3v) is 4.15. The second-order valence-corrected chi connectivity index (χ2v) is 6.98. The van der Waals surface area contributed by atoms with Crippen LogP contribution in [0.3, 0.4) is 0 Å². The van der Waals surface area contributed by atoms with Gasteiger partial charge in [-0.25, -0.2) is 17.5 Å². The summed E-state index contributed by atoms with van der Waals surface area (Å²) in [5.41, 5.74) is 0. The molecule has 0 radical (unpaired) electrons. The average Bonchev–Trinajstić information content (AvgIpc) is 2.36. The molecule has 0 fully saturated rings. The summed E-state index contributed by atoms with van der Waals surface area (Å²) in [5.74, 6) is 0.720. The smallest absolute Gasteiger partial charge is 0.211 e. The van der Waals surface area contributed by atoms with Crippen LogP contribution in [-0.2, 0) is 10.0 Å². The maximum atomic E-state index is 12.7. The van der Waals surface area contributed by atoms with E-state index in [0.29, 0.717) is 24.6 Å². The maximum Gasteiger partial charge on any atom is 0.211 e. The molecule has 0 aliphatic carbocycles. The number of rotatable bonds is 9. The van der Waals surface area contributed by atoms with Gasteiger partial charge in [0, 0.05) is 6.54 Å². The van der Waals surface area contributed by atoms with Crippen molar-refractivity contribution in [3.05, 3.63) is 30.1 Å². The summed E-state index contributed by atoms with van der Waals surface area (Å²) in [7, 11) is -3.23. The summed E-state index contributed by atoms with van der Waals surface area (Å²) in [4.78, 5) is 0. The summed E-state index contributed by atoms with van der Waals surface area (Å²) in [6.45, 7) is 4.85. The number of halogens is 1. The lowest BCUT2D eigenvalue weighted by Gasteiger charge is -2.09. The van der Waals surface area contributed by atoms with Gasteiger partial charge in [0.25, 0.3) is 0 Å². The zero-order chi connectivity index (χ0) is 15.0. The molecule has 0 heterocycles. The van der Waals surface area contributed by atoms with E-state index in [9.17, 15) is 12.8 Å². The van der Waals surface area contributed by atoms with Gasteiger partial charge in [0.1, 0.15) is 11.6 Å². The van der Waals surface area contributed by atoms with E-state index < -0.39 is 10.0 Å². The summed E-state index contributed by atoms with van der Waals surface area (Å²) < 4.78 is 43.9. The van der Waals surface area contributed by atoms with Crippen LogP contribution in [0.2, 0.25) is 0 Å². The zero-order valence-electron chi connectivity index (χ0n) is 11.9. The van der Waals surface area contributed by atoms with Crippen molar-refractivity contribution in [2.75, 3.05) is 18.9 Å². The topological polar surface area (TPSA) is 55.4 Å². The molecule has 4 nitrogen and oxygen atoms in total. The third kappa shape index (κ3) is 7.45. The van der Waals surface area contributed by atoms with Crippen LogP contribution in [0.5, 0.6) is 5.75 Å². The first-order valence-electron chi connectivity index (χ1n) is 6.75. The number of sulfonamides is 1. The van der Waals surface area contributed by atoms with E-state index in [1.54, 1.807) is 0 Å². The summed E-state index contributed by atoms with van der Waals surface area (Å²) in [6.07, 6.45) is 1.22. The first-order chi connectivity index (χ1) is 9.39. The van der Waals surface area contributed by atoms with Gasteiger partial charge >= 0.3 is 0 Å². The van der Waals surface area contributed by atoms with E-state index in [4.69, 9.17) is 4.74 Å². The number of hydrogen-bond acceptors (Lipinski definition) is 3. The van der Waals surface area contributed by atoms with Crippen molar-refractivity contribution >= 4 is 10.0 Å². The standard InChI is InChI=1S/C14H22FNO3S/c1-12(2)8-9-16-20(17,18)11-3-10-19-14-6-4-13(15)5-7-14/h4-7,12,16H,3,8-11H2,1-2H3. The highest BCUT2D eigenvalue weighted by Gasteiger charge is 2.09. The van der Waals surface area contributed by atoms with Gasteiger partial charge in [-0.05, 0) is 43.0 Å². The van der Waals surface area contributed by atoms with Crippen LogP contribution in [0.15, 0.2) is 24.3 Å². The Morgan fingerprint density at radius 3 is 2.50 bits per heavy atom. The minimum atomic E-state index is -3.23. The lowest BCUT2D eigenvalue weighted by molar-refractivity contribution is 0.317. The fourth-order valence-corrected chi connectivity index (χ4v) is 2.62. The Morgan fingerprint density at radius 2 is 1.90 bits per heavy atom. The van der Waals surface area contributed by atoms with E-state index in [-0.39, 0.29) is 18.2 Å². The van der Waals surface area contributed by atoms with Gasteiger partial charge in [0.15, 0.2) is 0 Å². The molecule has 0 unspecified atom stereocenters. The van der Waals surface area contributed by atoms with Crippen LogP contribution in [-0.4, -0.2) is 27.3 Å². The third-order valence-electron chi connectivity index (χ3n) is 2.68. The molecular formula is C14H22FNO3S. The van der Waals surface area contributed by atoms with Crippen LogP contribution in [0.4, 0.5) is 4.39 Å². The van der Waals surface area contributed by atoms with Crippen molar-refractivity contribution in [1.29, 1.82) is 0 Å². The van der Waals surface area contributed by atoms with Crippen molar-refractivity contribution in [1.82, 2.24) is 4.72 Å². The molecular weight excluding hydrogens is 281 g/mol. The minimum Gasteiger partial charge on any atom is -0.494 e. The van der Waals surface area contributed by atoms with Crippen LogP contribution in [0.25, 0.3) is 0 Å². The largest absolute Gasteiger partial charge is 0.494 e. The predicted molar refractivity (Wildman–Crippen MR) is 77.8 cm³/mol. The molecule has 1 aromatic rings. The van der Waals surface area contributed by atoms with Gasteiger partial charge in [-0.2, -0.15) is 0 Å². The summed E-state index contributed by atoms with van der Waals surface area (Å²) >= 11 is 0. The fraction of sp³-hybridized carbons (Fsp3) is 0.571. The van der Waals surface area contributed by atoms with E-state index in [2.05, 4.69) is 4.72 Å². The first-order valence-corrected chi connectivity index (χ1v) is 8.40. The summed E-state index contributed by atoms with van der Waals surface area (Å²) in [5, 5.41) is 0. The van der Waals surface area contributed by atoms with E-state index in [0.717, 1.165) is 6.42 Å². The van der Waals surface area contributed by atoms with Gasteiger partial charge < -0.3 is 4.74 Å². The van der Waals surface area contributed by atoms with Gasteiger partial charge in [0.05, 0.1) is 12.4 Å². The molecule has 20 heavy (non-hydrogen) atoms. The van der Waals surface area contributed by atoms with Crippen molar-refractivity contribution in [2.45, 2.75) is 26.7 Å². The second-order valence-electron chi connectivity index (χ2n) is 5.05. The maximum absolute atomic E-state index is 12.7. The Balaban J connectivity index is 2.21. The Morgan fingerprint density at radius 1 is 1.25 bits per heavy atom. The lowest BCUT2D eigenvalue weighted by Crippen LogP contribution is -2.28. The molecule has 0 bridgehead atoms. The minimum absolute atomic E-state index is 0.0340. The molecule has 114 valence electrons. The van der Waals surface area contributed by atoms with Crippen LogP contribution in [0, 0.1) is 11.7 Å². The number of benzene rings is 1. The Kier molecular flexibility index (Phi) is 6.95. The molecule has 0 aliphatic rings. The second kappa shape index (κ2) is 8.21. The van der Waals surface area contributed by atoms with E-state index in [1.807, 2.05) is 13.8 Å². The normalized spacial score (nSPS) is 11.8. The highest BCUT2D eigenvalue weighted by Crippen LogP contribution is 2.11. The molecule has 0 aliphatic heterocycles. The van der Waals surface area contributed by atoms with Crippen molar-refractivity contribution < 1.29 is 17.5 Å². The van der Waals surface area contributed by atoms with Gasteiger partial charge in [-0.15, -0.1) is 0 Å². The molecule has 0 saturated heterocycles. The number of nitrogens with one attached hydrogen (secondary N) is 1. The van der Waals surface area contributed by atoms with Crippen LogP contribution < -0.4 is 9.46 Å². The lowest BCUT2D eigenvalue weighted by atomic mass is 10.1. The molecule has 1 N–H and O–H groups in total. The molecule has 0 aromatic heterocycles. The van der Waals surface area contributed by atoms with Crippen molar-refractivity contribution in [2.24, 2.45) is 5.92 Å². The highest BCUT2D eigenvalue weighted by atomic mass is 32.2. The molecule has 6 heteroatoms. The first kappa shape index (κ1) is 16.9. The Labute approximate surface area is 120 Å². The average molecular weight is 303 g/mol. The molecule has 0 saturated carbocycles. The molecule has 0 amide bonds. The highest BCUT2D eigenvalue weighted by molar-refractivity contribution is 7.89. The summed E-state index contributed by atoms with van der Waals surface area (Å²) in [6, 6.07) is 5.65. The SMILES string of the molecule is CC(C)CCNS(=O)(=O)CCCOc1ccc(F)cc1. The van der Waals surface area contributed by atoms with Gasteiger partial charge in [-0.1, -0.05) is 13.8 Å². The zero-order valence-corrected chi connectivity index (χ0v) is 12.7. The Bertz CT molecular complexity index is 486. The number of hydrogen-bond donors (Lipinski definition) is 1. The van der Waals surface area contributed by atoms with Gasteiger partial charge in [0.2, 0.25) is 10.0 Å². The quantitative estimate of drug-likeness (QED) is 0.713. The van der Waals surface area contributed by atoms with Crippen LogP contribution in [0.1, 0.15) is 26.7 Å². The molecule has 1 rings (SSSR count). The van der Waals surface area contributed by atoms with Gasteiger partial charge in [-0.3, -0.25) is 0 Å². The monoisotopic (exact) mass is 303 g/mol. The van der Waals surface area contributed by atoms with E-state index >= 15 is 0 Å². The molecule has 1 aromatic carbocycles. The predicted octanol–water partition coefficient (Wildman–Crippen LogP) is 2.56. The van der Waals surface area contributed by atoms with Crippen LogP contribution >= 0.6 is 0 Å². The molecule has 0 atom stereocenters. The number of ether oxygens (including phenoxy) is 1. The molecule has 0 spiro atoms. The van der Waals surface area contributed by atoms with Crippen molar-refractivity contribution in [3.63, 3.8) is 0 Å². The van der Waals surface area contributed by atoms with E-state index in [1.165, 1.54) is 24.3 Å².